The molecule has 1 saturated heterocycles. The molecule has 1 fully saturated rings. The van der Waals surface area contributed by atoms with Crippen LogP contribution in [0, 0.1) is 11.3 Å². The molecule has 7 nitrogen and oxygen atoms in total. The zero-order valence-electron chi connectivity index (χ0n) is 13.5. The molecule has 1 atom stereocenters. The molecule has 1 aliphatic rings. The van der Waals surface area contributed by atoms with Crippen molar-refractivity contribution in [3.05, 3.63) is 42.2 Å². The molecule has 1 N–H and O–H groups in total. The summed E-state index contributed by atoms with van der Waals surface area (Å²) in [6.07, 6.45) is 5.06. The third kappa shape index (κ3) is 4.10. The lowest BCUT2D eigenvalue weighted by Gasteiger charge is -2.38. The Hall–Kier alpha value is -2.43. The monoisotopic (exact) mass is 327 g/mol. The highest BCUT2D eigenvalue weighted by Gasteiger charge is 2.33. The van der Waals surface area contributed by atoms with Gasteiger partial charge in [0.1, 0.15) is 18.4 Å². The molecule has 1 aromatic heterocycles. The number of aliphatic hydroxyl groups is 1. The van der Waals surface area contributed by atoms with Crippen LogP contribution in [0.15, 0.2) is 36.7 Å². The molecule has 1 aromatic carbocycles. The minimum absolute atomic E-state index is 0.446. The number of hydrogen-bond donors (Lipinski definition) is 1. The third-order valence-corrected chi connectivity index (χ3v) is 4.24. The molecule has 0 amide bonds. The maximum absolute atomic E-state index is 10.8. The highest BCUT2D eigenvalue weighted by Crippen LogP contribution is 2.23. The topological polar surface area (TPSA) is 87.2 Å². The molecule has 0 saturated carbocycles. The van der Waals surface area contributed by atoms with Gasteiger partial charge in [0.05, 0.1) is 23.9 Å². The molecule has 24 heavy (non-hydrogen) atoms. The van der Waals surface area contributed by atoms with Crippen LogP contribution in [0.5, 0.6) is 5.75 Å². The zero-order valence-corrected chi connectivity index (χ0v) is 13.5. The van der Waals surface area contributed by atoms with E-state index < -0.39 is 5.60 Å². The van der Waals surface area contributed by atoms with Crippen LogP contribution >= 0.6 is 0 Å². The Kier molecular flexibility index (Phi) is 5.08. The number of nitriles is 1. The van der Waals surface area contributed by atoms with Crippen molar-refractivity contribution >= 4 is 0 Å². The van der Waals surface area contributed by atoms with Crippen molar-refractivity contribution in [3.8, 4) is 11.8 Å². The van der Waals surface area contributed by atoms with E-state index in [9.17, 15) is 5.11 Å². The van der Waals surface area contributed by atoms with Crippen LogP contribution in [-0.2, 0) is 6.54 Å². The Balaban J connectivity index is 1.51. The molecule has 0 spiro atoms. The van der Waals surface area contributed by atoms with Gasteiger partial charge in [-0.1, -0.05) is 17.3 Å². The normalized spacial score (nSPS) is 21.3. The lowest BCUT2D eigenvalue weighted by Crippen LogP contribution is -2.51. The first-order chi connectivity index (χ1) is 11.7. The highest BCUT2D eigenvalue weighted by molar-refractivity contribution is 5.42. The van der Waals surface area contributed by atoms with Crippen LogP contribution in [0.25, 0.3) is 0 Å². The molecule has 7 heteroatoms. The molecular formula is C17H21N5O2. The van der Waals surface area contributed by atoms with Gasteiger partial charge in [0.2, 0.25) is 0 Å². The average Bonchev–Trinajstić information content (AvgIpc) is 3.07. The van der Waals surface area contributed by atoms with E-state index in [1.807, 2.05) is 12.1 Å². The molecular weight excluding hydrogens is 306 g/mol. The number of ether oxygens (including phenoxy) is 1. The molecule has 2 aromatic rings. The Morgan fingerprint density at radius 1 is 1.38 bits per heavy atom. The van der Waals surface area contributed by atoms with E-state index in [4.69, 9.17) is 10.00 Å². The minimum Gasteiger partial charge on any atom is -0.491 e. The van der Waals surface area contributed by atoms with Crippen molar-refractivity contribution < 1.29 is 9.84 Å². The Morgan fingerprint density at radius 3 is 3.04 bits per heavy atom. The molecule has 3 rings (SSSR count). The van der Waals surface area contributed by atoms with Crippen LogP contribution < -0.4 is 4.74 Å². The third-order valence-electron chi connectivity index (χ3n) is 4.24. The fraction of sp³-hybridized carbons (Fsp3) is 0.471. The van der Waals surface area contributed by atoms with Gasteiger partial charge in [-0.3, -0.25) is 4.90 Å². The summed E-state index contributed by atoms with van der Waals surface area (Å²) in [6, 6.07) is 9.35. The zero-order chi connectivity index (χ0) is 16.8. The second-order valence-corrected chi connectivity index (χ2v) is 6.16. The van der Waals surface area contributed by atoms with E-state index in [-0.39, 0.29) is 0 Å². The van der Waals surface area contributed by atoms with Gasteiger partial charge >= 0.3 is 0 Å². The summed E-state index contributed by atoms with van der Waals surface area (Å²) in [4.78, 5) is 2.19. The summed E-state index contributed by atoms with van der Waals surface area (Å²) < 4.78 is 7.40. The Labute approximate surface area is 141 Å². The molecule has 0 bridgehead atoms. The quantitative estimate of drug-likeness (QED) is 0.853. The van der Waals surface area contributed by atoms with Gasteiger partial charge in [-0.15, -0.1) is 5.10 Å². The summed E-state index contributed by atoms with van der Waals surface area (Å²) in [6.45, 7) is 3.15. The van der Waals surface area contributed by atoms with Crippen LogP contribution in [0.4, 0.5) is 0 Å². The summed E-state index contributed by atoms with van der Waals surface area (Å²) in [5.74, 6) is 0.606. The van der Waals surface area contributed by atoms with Gasteiger partial charge in [0, 0.05) is 19.3 Å². The second kappa shape index (κ2) is 7.43. The predicted octanol–water partition coefficient (Wildman–Crippen LogP) is 1.06. The van der Waals surface area contributed by atoms with Gasteiger partial charge in [-0.2, -0.15) is 5.26 Å². The van der Waals surface area contributed by atoms with Crippen molar-refractivity contribution in [2.45, 2.75) is 25.0 Å². The van der Waals surface area contributed by atoms with Gasteiger partial charge in [-0.25, -0.2) is 4.68 Å². The van der Waals surface area contributed by atoms with E-state index in [0.29, 0.717) is 37.6 Å². The van der Waals surface area contributed by atoms with Crippen molar-refractivity contribution in [1.29, 1.82) is 5.26 Å². The van der Waals surface area contributed by atoms with Gasteiger partial charge in [-0.05, 0) is 31.5 Å². The van der Waals surface area contributed by atoms with Crippen molar-refractivity contribution in [1.82, 2.24) is 19.9 Å². The van der Waals surface area contributed by atoms with Crippen LogP contribution in [0.1, 0.15) is 18.4 Å². The number of aromatic nitrogens is 3. The molecule has 1 unspecified atom stereocenters. The number of β-amino-alcohol motifs (C(OH)–C–C–N with tert-alkyl or cyclic N) is 1. The van der Waals surface area contributed by atoms with E-state index in [0.717, 1.165) is 19.4 Å². The minimum atomic E-state index is -0.795. The number of hydrogen-bond acceptors (Lipinski definition) is 6. The smallest absolute Gasteiger partial charge is 0.137 e. The predicted molar refractivity (Wildman–Crippen MR) is 87.3 cm³/mol. The summed E-state index contributed by atoms with van der Waals surface area (Å²) in [5.41, 5.74) is -0.255. The van der Waals surface area contributed by atoms with Crippen LogP contribution in [-0.4, -0.2) is 56.8 Å². The fourth-order valence-electron chi connectivity index (χ4n) is 3.11. The summed E-state index contributed by atoms with van der Waals surface area (Å²) in [5, 5.41) is 27.6. The van der Waals surface area contributed by atoms with Crippen molar-refractivity contribution in [3.63, 3.8) is 0 Å². The maximum Gasteiger partial charge on any atom is 0.137 e. The molecule has 1 aliphatic heterocycles. The number of likely N-dealkylation sites (tertiary alicyclic amines) is 1. The number of nitrogens with zero attached hydrogens (tertiary/aromatic N) is 5. The first kappa shape index (κ1) is 16.4. The first-order valence-corrected chi connectivity index (χ1v) is 8.09. The van der Waals surface area contributed by atoms with Crippen molar-refractivity contribution in [2.24, 2.45) is 0 Å². The standard InChI is InChI=1S/C17H21N5O2/c18-12-15-4-1-2-5-16(15)24-11-10-21-8-3-6-17(23,13-21)14-22-9-7-19-20-22/h1-2,4-5,7,9,23H,3,6,8,10-11,13-14H2. The fourth-order valence-corrected chi connectivity index (χ4v) is 3.11. The van der Waals surface area contributed by atoms with Gasteiger partial charge < -0.3 is 9.84 Å². The largest absolute Gasteiger partial charge is 0.491 e. The van der Waals surface area contributed by atoms with E-state index in [2.05, 4.69) is 21.3 Å². The second-order valence-electron chi connectivity index (χ2n) is 6.16. The van der Waals surface area contributed by atoms with Crippen LogP contribution in [0.2, 0.25) is 0 Å². The summed E-state index contributed by atoms with van der Waals surface area (Å²) >= 11 is 0. The highest BCUT2D eigenvalue weighted by atomic mass is 16.5. The molecule has 0 aliphatic carbocycles. The van der Waals surface area contributed by atoms with Crippen molar-refractivity contribution in [2.75, 3.05) is 26.2 Å². The lowest BCUT2D eigenvalue weighted by atomic mass is 9.93. The lowest BCUT2D eigenvalue weighted by molar-refractivity contribution is -0.0476. The number of para-hydroxylation sites is 1. The number of rotatable bonds is 6. The summed E-state index contributed by atoms with van der Waals surface area (Å²) in [7, 11) is 0. The Morgan fingerprint density at radius 2 is 2.25 bits per heavy atom. The van der Waals surface area contributed by atoms with Crippen LogP contribution in [0.3, 0.4) is 0 Å². The number of piperidine rings is 1. The first-order valence-electron chi connectivity index (χ1n) is 8.09. The van der Waals surface area contributed by atoms with E-state index in [1.54, 1.807) is 29.2 Å². The Bertz CT molecular complexity index is 697. The van der Waals surface area contributed by atoms with E-state index in [1.165, 1.54) is 0 Å². The van der Waals surface area contributed by atoms with E-state index >= 15 is 0 Å². The van der Waals surface area contributed by atoms with Gasteiger partial charge in [0.25, 0.3) is 0 Å². The number of benzene rings is 1. The van der Waals surface area contributed by atoms with Gasteiger partial charge in [0.15, 0.2) is 0 Å². The SMILES string of the molecule is N#Cc1ccccc1OCCN1CCCC(O)(Cn2ccnn2)C1. The maximum atomic E-state index is 10.8. The average molecular weight is 327 g/mol. The molecule has 0 radical (unpaired) electrons. The molecule has 2 heterocycles. The molecule has 126 valence electrons.